The maximum Gasteiger partial charge on any atom is 0.262 e. The Morgan fingerprint density at radius 2 is 1.77 bits per heavy atom. The molecule has 0 bridgehead atoms. The summed E-state index contributed by atoms with van der Waals surface area (Å²) in [4.78, 5) is 26.7. The van der Waals surface area contributed by atoms with Crippen molar-refractivity contribution in [2.24, 2.45) is 0 Å². The van der Waals surface area contributed by atoms with Gasteiger partial charge in [0.05, 0.1) is 24.5 Å². The molecule has 0 saturated carbocycles. The van der Waals surface area contributed by atoms with Crippen LogP contribution in [0.4, 0.5) is 16.0 Å². The van der Waals surface area contributed by atoms with E-state index >= 15 is 0 Å². The zero-order valence-electron chi connectivity index (χ0n) is 19.7. The van der Waals surface area contributed by atoms with Gasteiger partial charge in [-0.1, -0.05) is 12.1 Å². The second-order valence-electron chi connectivity index (χ2n) is 8.61. The van der Waals surface area contributed by atoms with Crippen LogP contribution in [0.3, 0.4) is 0 Å². The molecule has 1 aromatic heterocycles. The van der Waals surface area contributed by atoms with E-state index in [1.165, 1.54) is 12.3 Å². The summed E-state index contributed by atoms with van der Waals surface area (Å²) in [5.41, 5.74) is 1.37. The van der Waals surface area contributed by atoms with E-state index in [0.717, 1.165) is 0 Å². The molecule has 5 rings (SSSR count). The zero-order chi connectivity index (χ0) is 24.4. The first-order valence-electron chi connectivity index (χ1n) is 11.7. The van der Waals surface area contributed by atoms with Crippen LogP contribution in [-0.2, 0) is 4.74 Å². The highest BCUT2D eigenvalue weighted by molar-refractivity contribution is 6.10. The Labute approximate surface area is 203 Å². The lowest BCUT2D eigenvalue weighted by Crippen LogP contribution is -2.39. The number of amides is 1. The summed E-state index contributed by atoms with van der Waals surface area (Å²) in [5, 5.41) is 0. The van der Waals surface area contributed by atoms with E-state index in [4.69, 9.17) is 14.2 Å². The van der Waals surface area contributed by atoms with Gasteiger partial charge in [-0.05, 0) is 38.1 Å². The number of nitrogens with zero attached hydrogens (tertiary/aromatic N) is 4. The van der Waals surface area contributed by atoms with Crippen molar-refractivity contribution < 1.29 is 23.4 Å². The summed E-state index contributed by atoms with van der Waals surface area (Å²) in [6.07, 6.45) is 1.50. The van der Waals surface area contributed by atoms with E-state index in [0.29, 0.717) is 62.7 Å². The number of carbonyl (C=O) groups is 1. The number of rotatable bonds is 5. The standard InChI is InChI=1S/C26H27FN4O4/c1-17(2)31(18-7-8-22-23(15-18)35-14-13-34-22)25(32)20-16-28-26(30-9-11-33-12-10-30)29-24(20)19-5-3-4-6-21(19)27/h3-8,15-17H,9-14H2,1-2H3. The minimum Gasteiger partial charge on any atom is -0.486 e. The van der Waals surface area contributed by atoms with E-state index < -0.39 is 5.82 Å². The van der Waals surface area contributed by atoms with Crippen molar-refractivity contribution in [2.45, 2.75) is 19.9 Å². The molecular formula is C26H27FN4O4. The van der Waals surface area contributed by atoms with Crippen LogP contribution in [0, 0.1) is 5.82 Å². The summed E-state index contributed by atoms with van der Waals surface area (Å²) in [7, 11) is 0. The van der Waals surface area contributed by atoms with Crippen molar-refractivity contribution in [3.63, 3.8) is 0 Å². The number of halogens is 1. The second kappa shape index (κ2) is 9.87. The molecule has 2 aliphatic rings. The fourth-order valence-electron chi connectivity index (χ4n) is 4.26. The molecule has 0 N–H and O–H groups in total. The molecule has 35 heavy (non-hydrogen) atoms. The van der Waals surface area contributed by atoms with Crippen molar-refractivity contribution in [3.05, 3.63) is 60.0 Å². The van der Waals surface area contributed by atoms with E-state index in [1.807, 2.05) is 24.8 Å². The molecule has 3 heterocycles. The van der Waals surface area contributed by atoms with Crippen LogP contribution in [-0.4, -0.2) is 61.4 Å². The lowest BCUT2D eigenvalue weighted by Gasteiger charge is -2.30. The Morgan fingerprint density at radius 1 is 1.03 bits per heavy atom. The third-order valence-corrected chi connectivity index (χ3v) is 5.97. The average molecular weight is 479 g/mol. The normalized spacial score (nSPS) is 15.3. The molecule has 0 spiro atoms. The van der Waals surface area contributed by atoms with E-state index in [2.05, 4.69) is 9.97 Å². The van der Waals surface area contributed by atoms with Gasteiger partial charge in [0.1, 0.15) is 19.0 Å². The quantitative estimate of drug-likeness (QED) is 0.550. The number of carbonyl (C=O) groups excluding carboxylic acids is 1. The molecule has 0 unspecified atom stereocenters. The number of hydrogen-bond acceptors (Lipinski definition) is 7. The molecule has 1 saturated heterocycles. The summed E-state index contributed by atoms with van der Waals surface area (Å²) in [6.45, 7) is 7.13. The molecule has 9 heteroatoms. The van der Waals surface area contributed by atoms with Gasteiger partial charge in [-0.25, -0.2) is 14.4 Å². The molecule has 8 nitrogen and oxygen atoms in total. The number of benzene rings is 2. The van der Waals surface area contributed by atoms with Gasteiger partial charge in [-0.2, -0.15) is 0 Å². The van der Waals surface area contributed by atoms with Gasteiger partial charge < -0.3 is 24.0 Å². The molecular weight excluding hydrogens is 451 g/mol. The monoisotopic (exact) mass is 478 g/mol. The number of fused-ring (bicyclic) bond motifs is 1. The largest absolute Gasteiger partial charge is 0.486 e. The first-order chi connectivity index (χ1) is 17.0. The van der Waals surface area contributed by atoms with Crippen molar-refractivity contribution in [1.82, 2.24) is 9.97 Å². The number of morpholine rings is 1. The van der Waals surface area contributed by atoms with Crippen LogP contribution in [0.2, 0.25) is 0 Å². The maximum absolute atomic E-state index is 14.9. The molecule has 0 aliphatic carbocycles. The van der Waals surface area contributed by atoms with Gasteiger partial charge in [0, 0.05) is 42.6 Å². The third kappa shape index (κ3) is 4.64. The molecule has 2 aliphatic heterocycles. The van der Waals surface area contributed by atoms with Crippen molar-refractivity contribution in [1.29, 1.82) is 0 Å². The first-order valence-corrected chi connectivity index (χ1v) is 11.7. The minimum atomic E-state index is -0.455. The van der Waals surface area contributed by atoms with Gasteiger partial charge in [-0.15, -0.1) is 0 Å². The predicted molar refractivity (Wildman–Crippen MR) is 130 cm³/mol. The van der Waals surface area contributed by atoms with Crippen LogP contribution in [0.5, 0.6) is 11.5 Å². The first kappa shape index (κ1) is 23.0. The summed E-state index contributed by atoms with van der Waals surface area (Å²) < 4.78 is 31.7. The van der Waals surface area contributed by atoms with E-state index in [-0.39, 0.29) is 28.8 Å². The highest BCUT2D eigenvalue weighted by Gasteiger charge is 2.28. The molecule has 0 radical (unpaired) electrons. The predicted octanol–water partition coefficient (Wildman–Crippen LogP) is 3.95. The molecule has 2 aromatic carbocycles. The fraction of sp³-hybridized carbons (Fsp3) is 0.346. The Morgan fingerprint density at radius 3 is 2.51 bits per heavy atom. The van der Waals surface area contributed by atoms with Crippen molar-refractivity contribution >= 4 is 17.5 Å². The highest BCUT2D eigenvalue weighted by Crippen LogP contribution is 2.36. The molecule has 1 amide bonds. The van der Waals surface area contributed by atoms with Crippen LogP contribution < -0.4 is 19.3 Å². The van der Waals surface area contributed by atoms with Crippen LogP contribution in [0.1, 0.15) is 24.2 Å². The fourth-order valence-corrected chi connectivity index (χ4v) is 4.26. The highest BCUT2D eigenvalue weighted by atomic mass is 19.1. The SMILES string of the molecule is CC(C)N(C(=O)c1cnc(N2CCOCC2)nc1-c1ccccc1F)c1ccc2c(c1)OCCO2. The smallest absolute Gasteiger partial charge is 0.262 e. The van der Waals surface area contributed by atoms with Gasteiger partial charge >= 0.3 is 0 Å². The van der Waals surface area contributed by atoms with E-state index in [1.54, 1.807) is 35.2 Å². The van der Waals surface area contributed by atoms with Gasteiger partial charge in [-0.3, -0.25) is 4.79 Å². The zero-order valence-corrected chi connectivity index (χ0v) is 19.7. The molecule has 1 fully saturated rings. The second-order valence-corrected chi connectivity index (χ2v) is 8.61. The number of anilines is 2. The lowest BCUT2D eigenvalue weighted by atomic mass is 10.0. The molecule has 3 aromatic rings. The Kier molecular flexibility index (Phi) is 6.50. The summed E-state index contributed by atoms with van der Waals surface area (Å²) in [5.74, 6) is 0.882. The topological polar surface area (TPSA) is 77.0 Å². The van der Waals surface area contributed by atoms with Gasteiger partial charge in [0.15, 0.2) is 11.5 Å². The minimum absolute atomic E-state index is 0.197. The summed E-state index contributed by atoms with van der Waals surface area (Å²) in [6, 6.07) is 11.5. The Balaban J connectivity index is 1.58. The van der Waals surface area contributed by atoms with Gasteiger partial charge in [0.2, 0.25) is 5.95 Å². The van der Waals surface area contributed by atoms with Crippen LogP contribution >= 0.6 is 0 Å². The third-order valence-electron chi connectivity index (χ3n) is 5.97. The molecule has 0 atom stereocenters. The number of hydrogen-bond donors (Lipinski definition) is 0. The Hall–Kier alpha value is -3.72. The Bertz CT molecular complexity index is 1230. The maximum atomic E-state index is 14.9. The average Bonchev–Trinajstić information content (AvgIpc) is 2.89. The molecule has 182 valence electrons. The van der Waals surface area contributed by atoms with Crippen molar-refractivity contribution in [3.8, 4) is 22.8 Å². The van der Waals surface area contributed by atoms with Crippen molar-refractivity contribution in [2.75, 3.05) is 49.3 Å². The lowest BCUT2D eigenvalue weighted by molar-refractivity contribution is 0.0980. The summed E-state index contributed by atoms with van der Waals surface area (Å²) >= 11 is 0. The van der Waals surface area contributed by atoms with E-state index in [9.17, 15) is 9.18 Å². The van der Waals surface area contributed by atoms with Crippen LogP contribution in [0.25, 0.3) is 11.3 Å². The van der Waals surface area contributed by atoms with Crippen LogP contribution in [0.15, 0.2) is 48.7 Å². The van der Waals surface area contributed by atoms with Gasteiger partial charge in [0.25, 0.3) is 5.91 Å². The number of ether oxygens (including phenoxy) is 3. The number of aromatic nitrogens is 2.